The largest absolute Gasteiger partial charge is 0.368 e. The third-order valence-electron chi connectivity index (χ3n) is 4.48. The second-order valence-corrected chi connectivity index (χ2v) is 6.26. The average molecular weight is 340 g/mol. The lowest BCUT2D eigenvalue weighted by molar-refractivity contribution is 0.467. The number of anilines is 2. The molecule has 3 aromatic rings. The third kappa shape index (κ3) is 3.17. The molecule has 4 rings (SSSR count). The molecule has 1 atom stereocenters. The van der Waals surface area contributed by atoms with E-state index in [1.54, 1.807) is 10.6 Å². The Morgan fingerprint density at radius 2 is 2.28 bits per heavy atom. The number of nitrogens with zero attached hydrogens (tertiary/aromatic N) is 6. The van der Waals surface area contributed by atoms with Gasteiger partial charge in [-0.1, -0.05) is 0 Å². The summed E-state index contributed by atoms with van der Waals surface area (Å²) in [5.41, 5.74) is 0.710. The second kappa shape index (κ2) is 6.50. The normalized spacial score (nSPS) is 17.8. The first-order valence-corrected chi connectivity index (χ1v) is 8.44. The molecule has 0 radical (unpaired) electrons. The molecule has 9 heteroatoms. The van der Waals surface area contributed by atoms with Crippen molar-refractivity contribution in [3.8, 4) is 0 Å². The lowest BCUT2D eigenvalue weighted by Crippen LogP contribution is -2.44. The average Bonchev–Trinajstić information content (AvgIpc) is 3.09. The van der Waals surface area contributed by atoms with Crippen molar-refractivity contribution in [2.45, 2.75) is 32.2 Å². The van der Waals surface area contributed by atoms with Gasteiger partial charge in [-0.05, 0) is 32.3 Å². The number of rotatable bonds is 4. The first-order valence-electron chi connectivity index (χ1n) is 8.44. The van der Waals surface area contributed by atoms with Gasteiger partial charge in [-0.2, -0.15) is 19.7 Å². The van der Waals surface area contributed by atoms with Crippen LogP contribution in [0.4, 0.5) is 11.6 Å². The molecule has 0 saturated carbocycles. The molecule has 4 heterocycles. The van der Waals surface area contributed by atoms with Gasteiger partial charge in [0.05, 0.1) is 0 Å². The molecule has 0 aromatic carbocycles. The molecule has 0 spiro atoms. The van der Waals surface area contributed by atoms with Crippen LogP contribution in [0.5, 0.6) is 0 Å². The van der Waals surface area contributed by atoms with E-state index in [1.807, 2.05) is 13.0 Å². The van der Waals surface area contributed by atoms with E-state index in [9.17, 15) is 4.79 Å². The van der Waals surface area contributed by atoms with Crippen LogP contribution in [-0.2, 0) is 0 Å². The Labute approximate surface area is 144 Å². The molecule has 0 aliphatic carbocycles. The predicted molar refractivity (Wildman–Crippen MR) is 93.9 cm³/mol. The highest BCUT2D eigenvalue weighted by Crippen LogP contribution is 2.22. The van der Waals surface area contributed by atoms with Crippen molar-refractivity contribution < 1.29 is 0 Å². The van der Waals surface area contributed by atoms with Gasteiger partial charge >= 0.3 is 0 Å². The zero-order valence-corrected chi connectivity index (χ0v) is 14.0. The molecule has 1 aliphatic rings. The van der Waals surface area contributed by atoms with Crippen molar-refractivity contribution >= 4 is 17.4 Å². The van der Waals surface area contributed by atoms with E-state index in [-0.39, 0.29) is 5.56 Å². The van der Waals surface area contributed by atoms with Crippen molar-refractivity contribution in [1.82, 2.24) is 29.8 Å². The van der Waals surface area contributed by atoms with E-state index in [2.05, 4.69) is 35.5 Å². The minimum atomic E-state index is -0.184. The fourth-order valence-corrected chi connectivity index (χ4v) is 3.29. The molecule has 2 N–H and O–H groups in total. The van der Waals surface area contributed by atoms with Crippen LogP contribution in [-0.4, -0.2) is 48.9 Å². The Morgan fingerprint density at radius 3 is 3.12 bits per heavy atom. The first-order chi connectivity index (χ1) is 12.2. The summed E-state index contributed by atoms with van der Waals surface area (Å²) in [4.78, 5) is 22.0. The number of hydrogen-bond acceptors (Lipinski definition) is 7. The highest BCUT2D eigenvalue weighted by molar-refractivity contribution is 5.46. The highest BCUT2D eigenvalue weighted by atomic mass is 16.1. The van der Waals surface area contributed by atoms with E-state index in [0.29, 0.717) is 11.8 Å². The minimum Gasteiger partial charge on any atom is -0.368 e. The Hall–Kier alpha value is -2.97. The quantitative estimate of drug-likeness (QED) is 0.730. The summed E-state index contributed by atoms with van der Waals surface area (Å²) in [6, 6.07) is 5.56. The van der Waals surface area contributed by atoms with Crippen LogP contribution in [0, 0.1) is 6.92 Å². The standard InChI is InChI=1S/C16H20N8O/c1-11-8-14(24-16(20-11)18-10-19-24)17-9-12-4-2-3-7-23(12)13-5-6-15(25)22-21-13/h5-6,8,10,12,17H,2-4,7,9H2,1H3,(H,22,25). The Morgan fingerprint density at radius 1 is 1.36 bits per heavy atom. The summed E-state index contributed by atoms with van der Waals surface area (Å²) in [6.07, 6.45) is 4.88. The minimum absolute atomic E-state index is 0.184. The Kier molecular flexibility index (Phi) is 4.04. The SMILES string of the molecule is Cc1cc(NCC2CCCCN2c2ccc(=O)[nH]n2)n2ncnc2n1. The van der Waals surface area contributed by atoms with Gasteiger partial charge in [-0.3, -0.25) is 4.79 Å². The topological polar surface area (TPSA) is 104 Å². The predicted octanol–water partition coefficient (Wildman–Crippen LogP) is 0.987. The van der Waals surface area contributed by atoms with E-state index < -0.39 is 0 Å². The van der Waals surface area contributed by atoms with E-state index >= 15 is 0 Å². The molecular formula is C16H20N8O. The van der Waals surface area contributed by atoms with Crippen LogP contribution in [0.25, 0.3) is 5.78 Å². The van der Waals surface area contributed by atoms with Crippen molar-refractivity contribution in [3.05, 3.63) is 40.6 Å². The zero-order valence-electron chi connectivity index (χ0n) is 14.0. The number of aromatic nitrogens is 6. The number of piperidine rings is 1. The van der Waals surface area contributed by atoms with Gasteiger partial charge in [-0.15, -0.1) is 0 Å². The molecule has 0 bridgehead atoms. The summed E-state index contributed by atoms with van der Waals surface area (Å²) in [7, 11) is 0. The highest BCUT2D eigenvalue weighted by Gasteiger charge is 2.24. The van der Waals surface area contributed by atoms with Crippen LogP contribution >= 0.6 is 0 Å². The lowest BCUT2D eigenvalue weighted by Gasteiger charge is -2.36. The smallest absolute Gasteiger partial charge is 0.264 e. The first kappa shape index (κ1) is 15.6. The van der Waals surface area contributed by atoms with Crippen LogP contribution in [0.1, 0.15) is 25.0 Å². The summed E-state index contributed by atoms with van der Waals surface area (Å²) in [5.74, 6) is 2.27. The molecule has 130 valence electrons. The second-order valence-electron chi connectivity index (χ2n) is 6.26. The number of aromatic amines is 1. The van der Waals surface area contributed by atoms with Gasteiger partial charge in [0, 0.05) is 37.0 Å². The maximum atomic E-state index is 11.3. The Balaban J connectivity index is 1.54. The summed E-state index contributed by atoms with van der Waals surface area (Å²) >= 11 is 0. The van der Waals surface area contributed by atoms with Gasteiger partial charge in [0.2, 0.25) is 0 Å². The number of aryl methyl sites for hydroxylation is 1. The number of H-pyrrole nitrogens is 1. The fraction of sp³-hybridized carbons (Fsp3) is 0.438. The molecule has 0 amide bonds. The van der Waals surface area contributed by atoms with Crippen LogP contribution in [0.15, 0.2) is 29.3 Å². The van der Waals surface area contributed by atoms with Crippen molar-refractivity contribution in [1.29, 1.82) is 0 Å². The maximum Gasteiger partial charge on any atom is 0.264 e. The van der Waals surface area contributed by atoms with Crippen molar-refractivity contribution in [2.24, 2.45) is 0 Å². The summed E-state index contributed by atoms with van der Waals surface area (Å²) in [5, 5.41) is 14.4. The molecule has 1 saturated heterocycles. The van der Waals surface area contributed by atoms with Gasteiger partial charge in [0.15, 0.2) is 0 Å². The third-order valence-corrected chi connectivity index (χ3v) is 4.48. The van der Waals surface area contributed by atoms with Crippen LogP contribution in [0.3, 0.4) is 0 Å². The Bertz CT molecular complexity index is 913. The fourth-order valence-electron chi connectivity index (χ4n) is 3.29. The van der Waals surface area contributed by atoms with E-state index in [0.717, 1.165) is 43.3 Å². The summed E-state index contributed by atoms with van der Waals surface area (Å²) in [6.45, 7) is 3.62. The maximum absolute atomic E-state index is 11.3. The summed E-state index contributed by atoms with van der Waals surface area (Å²) < 4.78 is 1.71. The van der Waals surface area contributed by atoms with Gasteiger partial charge < -0.3 is 10.2 Å². The molecule has 25 heavy (non-hydrogen) atoms. The molecule has 1 unspecified atom stereocenters. The van der Waals surface area contributed by atoms with Crippen molar-refractivity contribution in [2.75, 3.05) is 23.3 Å². The molecular weight excluding hydrogens is 320 g/mol. The number of hydrogen-bond donors (Lipinski definition) is 2. The van der Waals surface area contributed by atoms with E-state index in [4.69, 9.17) is 0 Å². The molecule has 9 nitrogen and oxygen atoms in total. The molecule has 3 aromatic heterocycles. The van der Waals surface area contributed by atoms with E-state index in [1.165, 1.54) is 18.8 Å². The van der Waals surface area contributed by atoms with Gasteiger partial charge in [0.25, 0.3) is 11.3 Å². The number of fused-ring (bicyclic) bond motifs is 1. The monoisotopic (exact) mass is 340 g/mol. The molecule has 1 fully saturated rings. The zero-order chi connectivity index (χ0) is 17.2. The van der Waals surface area contributed by atoms with Gasteiger partial charge in [0.1, 0.15) is 18.0 Å². The number of nitrogens with one attached hydrogen (secondary N) is 2. The van der Waals surface area contributed by atoms with Crippen molar-refractivity contribution in [3.63, 3.8) is 0 Å². The van der Waals surface area contributed by atoms with Crippen LogP contribution < -0.4 is 15.8 Å². The van der Waals surface area contributed by atoms with Crippen LogP contribution in [0.2, 0.25) is 0 Å². The molecule has 1 aliphatic heterocycles. The van der Waals surface area contributed by atoms with Gasteiger partial charge in [-0.25, -0.2) is 10.1 Å². The lowest BCUT2D eigenvalue weighted by atomic mass is 10.0.